The summed E-state index contributed by atoms with van der Waals surface area (Å²) in [5.74, 6) is 0.476. The third kappa shape index (κ3) is 6.31. The van der Waals surface area contributed by atoms with Crippen molar-refractivity contribution in [2.45, 2.75) is 32.5 Å². The fourth-order valence-corrected chi connectivity index (χ4v) is 3.01. The van der Waals surface area contributed by atoms with Gasteiger partial charge in [0, 0.05) is 44.5 Å². The maximum atomic E-state index is 12.9. The molecule has 1 saturated heterocycles. The molecule has 0 aromatic heterocycles. The van der Waals surface area contributed by atoms with Gasteiger partial charge >= 0.3 is 6.18 Å². The minimum absolute atomic E-state index is 0.109. The number of rotatable bonds is 3. The standard InChI is InChI=1S/C19H28F3N5O/c1-18(2,3)25-16(28)13-24-17(23-4)27-10-8-26(9-11-27)15-7-5-6-14(12-15)19(20,21)22/h5-7,12H,8-11,13H2,1-4H3,(H,23,24)(H,25,28). The van der Waals surface area contributed by atoms with Crippen LogP contribution in [0.25, 0.3) is 0 Å². The molecule has 0 bridgehead atoms. The molecule has 2 N–H and O–H groups in total. The SMILES string of the molecule is CN=C(NCC(=O)NC(C)(C)C)N1CCN(c2cccc(C(F)(F)F)c2)CC1. The second kappa shape index (κ2) is 8.70. The molecule has 6 nitrogen and oxygen atoms in total. The molecule has 1 aliphatic rings. The van der Waals surface area contributed by atoms with E-state index >= 15 is 0 Å². The first kappa shape index (κ1) is 21.8. The average Bonchev–Trinajstić information content (AvgIpc) is 2.61. The van der Waals surface area contributed by atoms with Gasteiger partial charge in [-0.05, 0) is 39.0 Å². The van der Waals surface area contributed by atoms with Gasteiger partial charge in [0.25, 0.3) is 0 Å². The highest BCUT2D eigenvalue weighted by molar-refractivity contribution is 5.86. The fourth-order valence-electron chi connectivity index (χ4n) is 3.01. The Morgan fingerprint density at radius 2 is 1.79 bits per heavy atom. The maximum absolute atomic E-state index is 12.9. The van der Waals surface area contributed by atoms with E-state index in [0.29, 0.717) is 37.8 Å². The lowest BCUT2D eigenvalue weighted by Crippen LogP contribution is -2.54. The molecular formula is C19H28F3N5O. The first-order chi connectivity index (χ1) is 13.0. The van der Waals surface area contributed by atoms with Gasteiger partial charge in [-0.2, -0.15) is 13.2 Å². The predicted octanol–water partition coefficient (Wildman–Crippen LogP) is 2.32. The van der Waals surface area contributed by atoms with Crippen molar-refractivity contribution in [3.63, 3.8) is 0 Å². The minimum atomic E-state index is -4.35. The number of benzene rings is 1. The van der Waals surface area contributed by atoms with Crippen LogP contribution in [0, 0.1) is 0 Å². The van der Waals surface area contributed by atoms with Gasteiger partial charge in [-0.15, -0.1) is 0 Å². The molecule has 0 unspecified atom stereocenters. The van der Waals surface area contributed by atoms with Crippen molar-refractivity contribution < 1.29 is 18.0 Å². The Bertz CT molecular complexity index is 704. The number of alkyl halides is 3. The van der Waals surface area contributed by atoms with Crippen LogP contribution in [0.4, 0.5) is 18.9 Å². The van der Waals surface area contributed by atoms with E-state index in [4.69, 9.17) is 0 Å². The number of carbonyl (C=O) groups excluding carboxylic acids is 1. The topological polar surface area (TPSA) is 60.0 Å². The number of carbonyl (C=O) groups is 1. The second-order valence-electron chi connectivity index (χ2n) is 7.72. The number of aliphatic imine (C=N–C) groups is 1. The number of amides is 1. The molecular weight excluding hydrogens is 371 g/mol. The highest BCUT2D eigenvalue weighted by Crippen LogP contribution is 2.31. The highest BCUT2D eigenvalue weighted by atomic mass is 19.4. The van der Waals surface area contributed by atoms with Gasteiger partial charge in [0.1, 0.15) is 0 Å². The molecule has 1 aromatic rings. The van der Waals surface area contributed by atoms with Crippen LogP contribution in [-0.4, -0.2) is 62.1 Å². The van der Waals surface area contributed by atoms with Crippen LogP contribution < -0.4 is 15.5 Å². The van der Waals surface area contributed by atoms with Crippen molar-refractivity contribution in [1.82, 2.24) is 15.5 Å². The molecule has 1 aliphatic heterocycles. The number of hydrogen-bond acceptors (Lipinski definition) is 3. The monoisotopic (exact) mass is 399 g/mol. The summed E-state index contributed by atoms with van der Waals surface area (Å²) in [6.45, 7) is 8.16. The molecule has 0 radical (unpaired) electrons. The Morgan fingerprint density at radius 3 is 2.32 bits per heavy atom. The summed E-state index contributed by atoms with van der Waals surface area (Å²) < 4.78 is 38.8. The summed E-state index contributed by atoms with van der Waals surface area (Å²) in [4.78, 5) is 20.1. The summed E-state index contributed by atoms with van der Waals surface area (Å²) in [6, 6.07) is 5.38. The summed E-state index contributed by atoms with van der Waals surface area (Å²) in [5, 5.41) is 5.91. The van der Waals surface area contributed by atoms with E-state index in [0.717, 1.165) is 6.07 Å². The Balaban J connectivity index is 1.91. The zero-order valence-corrected chi connectivity index (χ0v) is 16.7. The number of anilines is 1. The van der Waals surface area contributed by atoms with Gasteiger partial charge in [0.2, 0.25) is 5.91 Å². The average molecular weight is 399 g/mol. The number of guanidine groups is 1. The number of hydrogen-bond donors (Lipinski definition) is 2. The number of piperazine rings is 1. The number of nitrogens with one attached hydrogen (secondary N) is 2. The van der Waals surface area contributed by atoms with Crippen LogP contribution >= 0.6 is 0 Å². The van der Waals surface area contributed by atoms with Gasteiger partial charge in [0.15, 0.2) is 5.96 Å². The van der Waals surface area contributed by atoms with Crippen molar-refractivity contribution >= 4 is 17.6 Å². The van der Waals surface area contributed by atoms with Crippen molar-refractivity contribution in [1.29, 1.82) is 0 Å². The van der Waals surface area contributed by atoms with Crippen molar-refractivity contribution in [2.24, 2.45) is 4.99 Å². The Morgan fingerprint density at radius 1 is 1.14 bits per heavy atom. The third-order valence-electron chi connectivity index (χ3n) is 4.25. The minimum Gasteiger partial charge on any atom is -0.368 e. The maximum Gasteiger partial charge on any atom is 0.416 e. The Labute approximate surface area is 163 Å². The predicted molar refractivity (Wildman–Crippen MR) is 104 cm³/mol. The molecule has 9 heteroatoms. The number of halogens is 3. The van der Waals surface area contributed by atoms with Crippen LogP contribution in [0.5, 0.6) is 0 Å². The van der Waals surface area contributed by atoms with E-state index in [1.165, 1.54) is 12.1 Å². The Hall–Kier alpha value is -2.45. The highest BCUT2D eigenvalue weighted by Gasteiger charge is 2.31. The van der Waals surface area contributed by atoms with E-state index in [9.17, 15) is 18.0 Å². The quantitative estimate of drug-likeness (QED) is 0.605. The van der Waals surface area contributed by atoms with Crippen LogP contribution in [0.3, 0.4) is 0 Å². The molecule has 0 aliphatic carbocycles. The lowest BCUT2D eigenvalue weighted by atomic mass is 10.1. The summed E-state index contributed by atoms with van der Waals surface area (Å²) in [5.41, 5.74) is -0.393. The fraction of sp³-hybridized carbons (Fsp3) is 0.579. The molecule has 0 spiro atoms. The molecule has 156 valence electrons. The van der Waals surface area contributed by atoms with Gasteiger partial charge in [-0.1, -0.05) is 6.07 Å². The molecule has 1 amide bonds. The van der Waals surface area contributed by atoms with E-state index in [1.807, 2.05) is 30.6 Å². The first-order valence-electron chi connectivity index (χ1n) is 9.18. The molecule has 1 aromatic carbocycles. The van der Waals surface area contributed by atoms with Crippen LogP contribution in [0.15, 0.2) is 29.3 Å². The summed E-state index contributed by atoms with van der Waals surface area (Å²) in [7, 11) is 1.64. The van der Waals surface area contributed by atoms with E-state index < -0.39 is 11.7 Å². The third-order valence-corrected chi connectivity index (χ3v) is 4.25. The molecule has 0 saturated carbocycles. The lowest BCUT2D eigenvalue weighted by molar-refractivity contribution is -0.137. The van der Waals surface area contributed by atoms with Crippen molar-refractivity contribution in [2.75, 3.05) is 44.7 Å². The number of nitrogens with zero attached hydrogens (tertiary/aromatic N) is 3. The summed E-state index contributed by atoms with van der Waals surface area (Å²) in [6.07, 6.45) is -4.35. The van der Waals surface area contributed by atoms with Gasteiger partial charge in [-0.25, -0.2) is 0 Å². The van der Waals surface area contributed by atoms with Gasteiger partial charge in [-0.3, -0.25) is 9.79 Å². The Kier molecular flexibility index (Phi) is 6.79. The van der Waals surface area contributed by atoms with Gasteiger partial charge < -0.3 is 20.4 Å². The largest absolute Gasteiger partial charge is 0.416 e. The van der Waals surface area contributed by atoms with Gasteiger partial charge in [0.05, 0.1) is 12.1 Å². The molecule has 1 fully saturated rings. The van der Waals surface area contributed by atoms with E-state index in [-0.39, 0.29) is 18.0 Å². The van der Waals surface area contributed by atoms with E-state index in [1.54, 1.807) is 13.1 Å². The van der Waals surface area contributed by atoms with Crippen LogP contribution in [0.2, 0.25) is 0 Å². The van der Waals surface area contributed by atoms with Crippen molar-refractivity contribution in [3.05, 3.63) is 29.8 Å². The zero-order chi connectivity index (χ0) is 20.9. The van der Waals surface area contributed by atoms with Crippen LogP contribution in [0.1, 0.15) is 26.3 Å². The van der Waals surface area contributed by atoms with Crippen LogP contribution in [-0.2, 0) is 11.0 Å². The van der Waals surface area contributed by atoms with Crippen molar-refractivity contribution in [3.8, 4) is 0 Å². The zero-order valence-electron chi connectivity index (χ0n) is 16.7. The van der Waals surface area contributed by atoms with E-state index in [2.05, 4.69) is 15.6 Å². The summed E-state index contributed by atoms with van der Waals surface area (Å²) >= 11 is 0. The first-order valence-corrected chi connectivity index (χ1v) is 9.18. The lowest BCUT2D eigenvalue weighted by Gasteiger charge is -2.37. The second-order valence-corrected chi connectivity index (χ2v) is 7.72. The molecule has 28 heavy (non-hydrogen) atoms. The smallest absolute Gasteiger partial charge is 0.368 e. The normalized spacial score (nSPS) is 16.2. The molecule has 1 heterocycles. The molecule has 0 atom stereocenters. The molecule has 2 rings (SSSR count).